The van der Waals surface area contributed by atoms with Gasteiger partial charge in [0.05, 0.1) is 6.54 Å². The second kappa shape index (κ2) is 6.30. The summed E-state index contributed by atoms with van der Waals surface area (Å²) in [7, 11) is 1.62. The number of carbonyl (C=O) groups is 1. The number of hydrogen-bond donors (Lipinski definition) is 1. The molecule has 1 aliphatic rings. The van der Waals surface area contributed by atoms with Crippen molar-refractivity contribution in [2.24, 2.45) is 17.6 Å². The highest BCUT2D eigenvalue weighted by Gasteiger charge is 2.34. The van der Waals surface area contributed by atoms with Gasteiger partial charge in [-0.25, -0.2) is 4.98 Å². The van der Waals surface area contributed by atoms with E-state index < -0.39 is 6.55 Å². The van der Waals surface area contributed by atoms with Gasteiger partial charge in [-0.05, 0) is 25.3 Å². The van der Waals surface area contributed by atoms with E-state index in [1.165, 1.54) is 17.3 Å². The van der Waals surface area contributed by atoms with Crippen LogP contribution in [0.4, 0.5) is 8.78 Å². The number of imidazole rings is 1. The molecule has 1 fully saturated rings. The number of alkyl halides is 2. The van der Waals surface area contributed by atoms with Crippen molar-refractivity contribution in [1.82, 2.24) is 14.5 Å². The van der Waals surface area contributed by atoms with E-state index in [1.54, 1.807) is 7.05 Å². The van der Waals surface area contributed by atoms with E-state index in [4.69, 9.17) is 5.73 Å². The fourth-order valence-corrected chi connectivity index (χ4v) is 2.86. The summed E-state index contributed by atoms with van der Waals surface area (Å²) in [5.74, 6) is 0.291. The number of aromatic nitrogens is 2. The smallest absolute Gasteiger partial charge is 0.319 e. The van der Waals surface area contributed by atoms with Gasteiger partial charge in [-0.15, -0.1) is 0 Å². The molecule has 1 amide bonds. The minimum atomic E-state index is -2.64. The van der Waals surface area contributed by atoms with Crippen LogP contribution in [0.5, 0.6) is 0 Å². The maximum Gasteiger partial charge on any atom is 0.319 e. The van der Waals surface area contributed by atoms with Crippen molar-refractivity contribution >= 4 is 5.91 Å². The highest BCUT2D eigenvalue weighted by molar-refractivity contribution is 5.79. The Kier molecular flexibility index (Phi) is 4.69. The first kappa shape index (κ1) is 14.9. The van der Waals surface area contributed by atoms with Gasteiger partial charge in [-0.3, -0.25) is 9.36 Å². The Balaban J connectivity index is 2.02. The van der Waals surface area contributed by atoms with Crippen LogP contribution in [0.3, 0.4) is 0 Å². The summed E-state index contributed by atoms with van der Waals surface area (Å²) in [5.41, 5.74) is 5.68. The summed E-state index contributed by atoms with van der Waals surface area (Å²) < 4.78 is 26.2. The molecule has 1 heterocycles. The Bertz CT molecular complexity index is 463. The molecular formula is C13H20F2N4O. The van der Waals surface area contributed by atoms with Gasteiger partial charge in [0.25, 0.3) is 0 Å². The zero-order chi connectivity index (χ0) is 14.7. The van der Waals surface area contributed by atoms with E-state index in [0.717, 1.165) is 23.8 Å². The Morgan fingerprint density at radius 1 is 1.60 bits per heavy atom. The van der Waals surface area contributed by atoms with E-state index in [-0.39, 0.29) is 30.1 Å². The summed E-state index contributed by atoms with van der Waals surface area (Å²) in [4.78, 5) is 17.7. The molecule has 112 valence electrons. The monoisotopic (exact) mass is 286 g/mol. The molecule has 0 bridgehead atoms. The van der Waals surface area contributed by atoms with Gasteiger partial charge in [-0.1, -0.05) is 6.42 Å². The average Bonchev–Trinajstić information content (AvgIpc) is 3.05. The summed E-state index contributed by atoms with van der Waals surface area (Å²) in [6.07, 6.45) is 5.33. The zero-order valence-corrected chi connectivity index (χ0v) is 11.5. The van der Waals surface area contributed by atoms with Crippen molar-refractivity contribution < 1.29 is 13.6 Å². The lowest BCUT2D eigenvalue weighted by Crippen LogP contribution is -2.36. The van der Waals surface area contributed by atoms with Gasteiger partial charge in [0.1, 0.15) is 5.82 Å². The molecular weight excluding hydrogens is 266 g/mol. The van der Waals surface area contributed by atoms with Crippen LogP contribution in [0.1, 0.15) is 31.6 Å². The van der Waals surface area contributed by atoms with Gasteiger partial charge in [-0.2, -0.15) is 8.78 Å². The quantitative estimate of drug-likeness (QED) is 0.894. The number of nitrogens with zero attached hydrogens (tertiary/aromatic N) is 3. The molecule has 2 N–H and O–H groups in total. The highest BCUT2D eigenvalue weighted by Crippen LogP contribution is 2.32. The van der Waals surface area contributed by atoms with Crippen LogP contribution in [0, 0.1) is 11.8 Å². The molecule has 1 aliphatic carbocycles. The van der Waals surface area contributed by atoms with Crippen LogP contribution < -0.4 is 5.73 Å². The van der Waals surface area contributed by atoms with Gasteiger partial charge in [0.2, 0.25) is 5.91 Å². The molecule has 5 nitrogen and oxygen atoms in total. The molecule has 2 atom stereocenters. The maximum atomic E-state index is 12.7. The van der Waals surface area contributed by atoms with Crippen LogP contribution in [0.15, 0.2) is 12.4 Å². The van der Waals surface area contributed by atoms with Gasteiger partial charge < -0.3 is 10.6 Å². The lowest BCUT2D eigenvalue weighted by atomic mass is 9.95. The molecule has 0 aliphatic heterocycles. The van der Waals surface area contributed by atoms with Crippen molar-refractivity contribution in [1.29, 1.82) is 0 Å². The van der Waals surface area contributed by atoms with E-state index >= 15 is 0 Å². The molecule has 0 saturated heterocycles. The summed E-state index contributed by atoms with van der Waals surface area (Å²) in [6.45, 7) is -2.06. The fourth-order valence-electron chi connectivity index (χ4n) is 2.86. The maximum absolute atomic E-state index is 12.7. The minimum Gasteiger partial charge on any atom is -0.338 e. The first-order valence-corrected chi connectivity index (χ1v) is 6.79. The van der Waals surface area contributed by atoms with E-state index in [2.05, 4.69) is 4.98 Å². The molecule has 2 rings (SSSR count). The lowest BCUT2D eigenvalue weighted by molar-refractivity contribution is -0.136. The predicted octanol–water partition coefficient (Wildman–Crippen LogP) is 1.61. The molecule has 7 heteroatoms. The van der Waals surface area contributed by atoms with Gasteiger partial charge in [0, 0.05) is 25.4 Å². The van der Waals surface area contributed by atoms with Crippen molar-refractivity contribution in [3.05, 3.63) is 18.2 Å². The fraction of sp³-hybridized carbons (Fsp3) is 0.692. The summed E-state index contributed by atoms with van der Waals surface area (Å²) in [6, 6.07) is 0. The summed E-state index contributed by atoms with van der Waals surface area (Å²) >= 11 is 0. The molecule has 1 aromatic heterocycles. The Hall–Kier alpha value is -1.50. The SMILES string of the molecule is CN(Cc1nccn1C(F)F)C(=O)[C@@H]1CCC[C@@H]1CN. The number of nitrogens with two attached hydrogens (primary N) is 1. The number of carbonyl (C=O) groups excluding carboxylic acids is 1. The van der Waals surface area contributed by atoms with Crippen molar-refractivity contribution in [2.75, 3.05) is 13.6 Å². The highest BCUT2D eigenvalue weighted by atomic mass is 19.3. The number of hydrogen-bond acceptors (Lipinski definition) is 3. The van der Waals surface area contributed by atoms with Crippen LogP contribution >= 0.6 is 0 Å². The third-order valence-electron chi connectivity index (χ3n) is 3.99. The van der Waals surface area contributed by atoms with Gasteiger partial charge in [0.15, 0.2) is 0 Å². The van der Waals surface area contributed by atoms with Gasteiger partial charge >= 0.3 is 6.55 Å². The number of rotatable bonds is 5. The molecule has 1 saturated carbocycles. The Labute approximate surface area is 116 Å². The van der Waals surface area contributed by atoms with E-state index in [0.29, 0.717) is 6.54 Å². The topological polar surface area (TPSA) is 64.2 Å². The largest absolute Gasteiger partial charge is 0.338 e. The molecule has 0 spiro atoms. The standard InChI is InChI=1S/C13H20F2N4O/c1-18(8-11-17-5-6-19(11)13(14)15)12(20)10-4-2-3-9(10)7-16/h5-6,9-10,13H,2-4,7-8,16H2,1H3/t9-,10-/m1/s1. The zero-order valence-electron chi connectivity index (χ0n) is 11.5. The Morgan fingerprint density at radius 3 is 3.00 bits per heavy atom. The van der Waals surface area contributed by atoms with Crippen LogP contribution in [0.25, 0.3) is 0 Å². The van der Waals surface area contributed by atoms with Crippen LogP contribution in [-0.4, -0.2) is 34.0 Å². The Morgan fingerprint density at radius 2 is 2.35 bits per heavy atom. The second-order valence-corrected chi connectivity index (χ2v) is 5.26. The van der Waals surface area contributed by atoms with Crippen LogP contribution in [0.2, 0.25) is 0 Å². The van der Waals surface area contributed by atoms with E-state index in [9.17, 15) is 13.6 Å². The molecule has 20 heavy (non-hydrogen) atoms. The third-order valence-corrected chi connectivity index (χ3v) is 3.99. The first-order chi connectivity index (χ1) is 9.54. The first-order valence-electron chi connectivity index (χ1n) is 6.79. The molecule has 0 unspecified atom stereocenters. The second-order valence-electron chi connectivity index (χ2n) is 5.26. The molecule has 0 radical (unpaired) electrons. The summed E-state index contributed by atoms with van der Waals surface area (Å²) in [5, 5.41) is 0. The van der Waals surface area contributed by atoms with E-state index in [1.807, 2.05) is 0 Å². The molecule has 0 aromatic carbocycles. The predicted molar refractivity (Wildman–Crippen MR) is 69.8 cm³/mol. The van der Waals surface area contributed by atoms with Crippen molar-refractivity contribution in [3.8, 4) is 0 Å². The van der Waals surface area contributed by atoms with Crippen molar-refractivity contribution in [3.63, 3.8) is 0 Å². The molecule has 1 aromatic rings. The van der Waals surface area contributed by atoms with Crippen molar-refractivity contribution in [2.45, 2.75) is 32.4 Å². The minimum absolute atomic E-state index is 0.0261. The third kappa shape index (κ3) is 2.98. The normalized spacial score (nSPS) is 22.4. The lowest BCUT2D eigenvalue weighted by Gasteiger charge is -2.24. The average molecular weight is 286 g/mol. The number of amides is 1. The van der Waals surface area contributed by atoms with Crippen LogP contribution in [-0.2, 0) is 11.3 Å². The number of halogens is 2.